The van der Waals surface area contributed by atoms with Crippen LogP contribution < -0.4 is 5.32 Å². The number of nitrogens with one attached hydrogen (secondary N) is 1. The quantitative estimate of drug-likeness (QED) is 0.445. The number of hydrogen-bond donors (Lipinski definition) is 1. The van der Waals surface area contributed by atoms with E-state index in [9.17, 15) is 4.79 Å². The minimum Gasteiger partial charge on any atom is -0.385 e. The molecule has 0 heterocycles. The largest absolute Gasteiger partial charge is 0.385 e. The molecule has 0 aliphatic carbocycles. The molecule has 0 aliphatic rings. The topological polar surface area (TPSA) is 50.8 Å². The first-order valence-corrected chi connectivity index (χ1v) is 8.14. The molecule has 0 fully saturated rings. The van der Waals surface area contributed by atoms with E-state index in [0.29, 0.717) is 13.0 Å². The van der Waals surface area contributed by atoms with E-state index < -0.39 is 0 Å². The smallest absolute Gasteiger partial charge is 0.220 e. The minimum atomic E-state index is 0.128. The Labute approximate surface area is 131 Å². The van der Waals surface area contributed by atoms with Gasteiger partial charge in [0.15, 0.2) is 0 Å². The van der Waals surface area contributed by atoms with E-state index in [1.807, 2.05) is 14.1 Å². The van der Waals surface area contributed by atoms with Gasteiger partial charge in [0.05, 0.1) is 6.61 Å². The van der Waals surface area contributed by atoms with Crippen LogP contribution in [0.1, 0.15) is 58.8 Å². The second-order valence-electron chi connectivity index (χ2n) is 5.21. The SMILES string of the molecule is CCC.COCCCC(=O)NCCCCCCON(C)C. The Morgan fingerprint density at radius 3 is 2.19 bits per heavy atom. The van der Waals surface area contributed by atoms with Gasteiger partial charge in [-0.3, -0.25) is 9.63 Å². The third-order valence-corrected chi connectivity index (χ3v) is 2.50. The van der Waals surface area contributed by atoms with Gasteiger partial charge in [0.25, 0.3) is 0 Å². The van der Waals surface area contributed by atoms with Gasteiger partial charge >= 0.3 is 0 Å². The normalized spacial score (nSPS) is 10.2. The van der Waals surface area contributed by atoms with Crippen LogP contribution in [0.2, 0.25) is 0 Å². The lowest BCUT2D eigenvalue weighted by Gasteiger charge is -2.09. The molecule has 0 radical (unpaired) electrons. The molecule has 0 aliphatic heterocycles. The van der Waals surface area contributed by atoms with E-state index in [1.165, 1.54) is 6.42 Å². The van der Waals surface area contributed by atoms with Crippen molar-refractivity contribution in [1.29, 1.82) is 0 Å². The highest BCUT2D eigenvalue weighted by Gasteiger charge is 1.99. The minimum absolute atomic E-state index is 0.128. The summed E-state index contributed by atoms with van der Waals surface area (Å²) in [4.78, 5) is 16.6. The van der Waals surface area contributed by atoms with Crippen molar-refractivity contribution in [3.8, 4) is 0 Å². The zero-order valence-electron chi connectivity index (χ0n) is 14.7. The first-order valence-electron chi connectivity index (χ1n) is 8.14. The van der Waals surface area contributed by atoms with E-state index in [-0.39, 0.29) is 5.91 Å². The van der Waals surface area contributed by atoms with E-state index in [1.54, 1.807) is 12.2 Å². The molecule has 0 saturated carbocycles. The number of rotatable bonds is 12. The van der Waals surface area contributed by atoms with Crippen molar-refractivity contribution in [1.82, 2.24) is 10.4 Å². The lowest BCUT2D eigenvalue weighted by atomic mass is 10.2. The second kappa shape index (κ2) is 19.4. The fraction of sp³-hybridized carbons (Fsp3) is 0.938. The Balaban J connectivity index is 0. The van der Waals surface area contributed by atoms with Gasteiger partial charge in [0, 0.05) is 40.8 Å². The summed E-state index contributed by atoms with van der Waals surface area (Å²) in [5, 5.41) is 4.64. The van der Waals surface area contributed by atoms with Gasteiger partial charge in [-0.25, -0.2) is 0 Å². The van der Waals surface area contributed by atoms with Gasteiger partial charge in [-0.05, 0) is 19.3 Å². The molecular weight excluding hydrogens is 268 g/mol. The first kappa shape index (κ1) is 22.6. The lowest BCUT2D eigenvalue weighted by molar-refractivity contribution is -0.121. The number of carbonyl (C=O) groups excluding carboxylic acids is 1. The number of methoxy groups -OCH3 is 1. The molecule has 1 N–H and O–H groups in total. The van der Waals surface area contributed by atoms with Crippen molar-refractivity contribution < 1.29 is 14.4 Å². The first-order chi connectivity index (χ1) is 10.1. The van der Waals surface area contributed by atoms with Crippen molar-refractivity contribution in [3.05, 3.63) is 0 Å². The summed E-state index contributed by atoms with van der Waals surface area (Å²) in [5.41, 5.74) is 0. The summed E-state index contributed by atoms with van der Waals surface area (Å²) >= 11 is 0. The zero-order valence-corrected chi connectivity index (χ0v) is 14.7. The van der Waals surface area contributed by atoms with Crippen LogP contribution in [-0.4, -0.2) is 51.9 Å². The molecule has 0 spiro atoms. The maximum absolute atomic E-state index is 11.3. The van der Waals surface area contributed by atoms with Crippen LogP contribution in [-0.2, 0) is 14.4 Å². The highest BCUT2D eigenvalue weighted by atomic mass is 16.7. The fourth-order valence-corrected chi connectivity index (χ4v) is 1.52. The van der Waals surface area contributed by atoms with Crippen molar-refractivity contribution >= 4 is 5.91 Å². The maximum Gasteiger partial charge on any atom is 0.220 e. The second-order valence-corrected chi connectivity index (χ2v) is 5.21. The predicted molar refractivity (Wildman–Crippen MR) is 88.2 cm³/mol. The number of hydrogen-bond acceptors (Lipinski definition) is 4. The van der Waals surface area contributed by atoms with E-state index in [2.05, 4.69) is 19.2 Å². The van der Waals surface area contributed by atoms with Crippen molar-refractivity contribution in [2.45, 2.75) is 58.8 Å². The van der Waals surface area contributed by atoms with Crippen LogP contribution in [0, 0.1) is 0 Å². The molecule has 0 rings (SSSR count). The van der Waals surface area contributed by atoms with E-state index in [4.69, 9.17) is 9.57 Å². The Morgan fingerprint density at radius 1 is 1.00 bits per heavy atom. The molecule has 0 aromatic carbocycles. The van der Waals surface area contributed by atoms with Crippen LogP contribution in [0.4, 0.5) is 0 Å². The third-order valence-electron chi connectivity index (χ3n) is 2.50. The molecule has 21 heavy (non-hydrogen) atoms. The number of ether oxygens (including phenoxy) is 1. The molecule has 0 atom stereocenters. The molecule has 0 aromatic rings. The Kier molecular flexibility index (Phi) is 20.9. The maximum atomic E-state index is 11.3. The lowest BCUT2D eigenvalue weighted by Crippen LogP contribution is -2.24. The number of unbranched alkanes of at least 4 members (excludes halogenated alkanes) is 3. The summed E-state index contributed by atoms with van der Waals surface area (Å²) in [6, 6.07) is 0. The van der Waals surface area contributed by atoms with Gasteiger partial charge < -0.3 is 10.1 Å². The van der Waals surface area contributed by atoms with Crippen LogP contribution in [0.25, 0.3) is 0 Å². The van der Waals surface area contributed by atoms with Gasteiger partial charge in [0.1, 0.15) is 0 Å². The van der Waals surface area contributed by atoms with Gasteiger partial charge in [-0.15, -0.1) is 0 Å². The molecule has 5 nitrogen and oxygen atoms in total. The zero-order chi connectivity index (χ0) is 16.3. The monoisotopic (exact) mass is 304 g/mol. The average Bonchev–Trinajstić information content (AvgIpc) is 2.42. The van der Waals surface area contributed by atoms with Crippen molar-refractivity contribution in [3.63, 3.8) is 0 Å². The van der Waals surface area contributed by atoms with Crippen LogP contribution in [0.5, 0.6) is 0 Å². The fourth-order valence-electron chi connectivity index (χ4n) is 1.52. The highest BCUT2D eigenvalue weighted by molar-refractivity contribution is 5.75. The molecule has 0 unspecified atom stereocenters. The number of carbonyl (C=O) groups is 1. The number of nitrogens with zero attached hydrogens (tertiary/aromatic N) is 1. The van der Waals surface area contributed by atoms with Gasteiger partial charge in [0.2, 0.25) is 5.91 Å². The Morgan fingerprint density at radius 2 is 1.62 bits per heavy atom. The van der Waals surface area contributed by atoms with Crippen molar-refractivity contribution in [2.75, 3.05) is 41.0 Å². The summed E-state index contributed by atoms with van der Waals surface area (Å²) < 4.78 is 4.89. The van der Waals surface area contributed by atoms with E-state index >= 15 is 0 Å². The van der Waals surface area contributed by atoms with Crippen LogP contribution in [0.15, 0.2) is 0 Å². The molecule has 0 bridgehead atoms. The standard InChI is InChI=1S/C13H28N2O3.C3H8/c1-15(2)18-12-7-5-4-6-10-14-13(16)9-8-11-17-3;1-3-2/h4-12H2,1-3H3,(H,14,16);3H2,1-2H3. The molecular formula is C16H36N2O3. The van der Waals surface area contributed by atoms with Crippen LogP contribution >= 0.6 is 0 Å². The van der Waals surface area contributed by atoms with E-state index in [0.717, 1.165) is 45.3 Å². The predicted octanol–water partition coefficient (Wildman–Crippen LogP) is 3.00. The molecule has 0 aromatic heterocycles. The molecule has 128 valence electrons. The average molecular weight is 304 g/mol. The Bertz CT molecular complexity index is 212. The summed E-state index contributed by atoms with van der Waals surface area (Å²) in [5.74, 6) is 0.128. The number of amides is 1. The van der Waals surface area contributed by atoms with Gasteiger partial charge in [-0.1, -0.05) is 33.1 Å². The Hall–Kier alpha value is -0.650. The third kappa shape index (κ3) is 24.7. The molecule has 5 heteroatoms. The number of hydroxylamine groups is 2. The van der Waals surface area contributed by atoms with Crippen LogP contribution in [0.3, 0.4) is 0 Å². The summed E-state index contributed by atoms with van der Waals surface area (Å²) in [6.45, 7) is 6.45. The molecule has 0 saturated heterocycles. The van der Waals surface area contributed by atoms with Crippen molar-refractivity contribution in [2.24, 2.45) is 0 Å². The molecule has 1 amide bonds. The summed E-state index contributed by atoms with van der Waals surface area (Å²) in [7, 11) is 5.43. The highest BCUT2D eigenvalue weighted by Crippen LogP contribution is 2.00. The summed E-state index contributed by atoms with van der Waals surface area (Å²) in [6.07, 6.45) is 7.00. The van der Waals surface area contributed by atoms with Gasteiger partial charge in [-0.2, -0.15) is 5.06 Å².